The first-order chi connectivity index (χ1) is 8.61. The Balaban J connectivity index is 2.21. The van der Waals surface area contributed by atoms with Crippen LogP contribution in [0.15, 0.2) is 28.7 Å². The number of carbonyl (C=O) groups is 1. The molecule has 4 nitrogen and oxygen atoms in total. The third-order valence-electron chi connectivity index (χ3n) is 2.44. The maximum absolute atomic E-state index is 11.4. The average molecular weight is 316 g/mol. The second-order valence-electron chi connectivity index (χ2n) is 3.95. The molecule has 18 heavy (non-hydrogen) atoms. The third kappa shape index (κ3) is 6.02. The first-order valence-electron chi connectivity index (χ1n) is 5.95. The number of hydrogen-bond donors (Lipinski definition) is 2. The van der Waals surface area contributed by atoms with Crippen LogP contribution < -0.4 is 10.1 Å². The number of rotatable bonds is 7. The summed E-state index contributed by atoms with van der Waals surface area (Å²) in [5, 5.41) is 12.0. The minimum Gasteiger partial charge on any atom is -0.484 e. The molecule has 0 aromatic heterocycles. The van der Waals surface area contributed by atoms with Gasteiger partial charge in [0.15, 0.2) is 6.61 Å². The minimum absolute atomic E-state index is 0.0152. The van der Waals surface area contributed by atoms with E-state index in [1.54, 1.807) is 12.1 Å². The first kappa shape index (κ1) is 15.0. The summed E-state index contributed by atoms with van der Waals surface area (Å²) in [4.78, 5) is 11.4. The van der Waals surface area contributed by atoms with Crippen LogP contribution in [0.3, 0.4) is 0 Å². The van der Waals surface area contributed by atoms with Crippen LogP contribution in [0.4, 0.5) is 0 Å². The molecule has 0 bridgehead atoms. The molecular weight excluding hydrogens is 298 g/mol. The highest BCUT2D eigenvalue weighted by Gasteiger charge is 2.04. The van der Waals surface area contributed by atoms with Gasteiger partial charge in [0.05, 0.1) is 6.10 Å². The smallest absolute Gasteiger partial charge is 0.257 e. The Morgan fingerprint density at radius 2 is 2.33 bits per heavy atom. The van der Waals surface area contributed by atoms with E-state index in [2.05, 4.69) is 21.2 Å². The van der Waals surface area contributed by atoms with Crippen LogP contribution in [0, 0.1) is 0 Å². The van der Waals surface area contributed by atoms with Gasteiger partial charge in [-0.3, -0.25) is 4.79 Å². The summed E-state index contributed by atoms with van der Waals surface area (Å²) in [6.45, 7) is 2.36. The highest BCUT2D eigenvalue weighted by atomic mass is 79.9. The Morgan fingerprint density at radius 1 is 1.56 bits per heavy atom. The molecule has 2 N–H and O–H groups in total. The van der Waals surface area contributed by atoms with Crippen molar-refractivity contribution in [3.05, 3.63) is 28.7 Å². The van der Waals surface area contributed by atoms with E-state index >= 15 is 0 Å². The van der Waals surface area contributed by atoms with Crippen molar-refractivity contribution in [2.24, 2.45) is 0 Å². The number of aliphatic hydroxyl groups is 1. The summed E-state index contributed by atoms with van der Waals surface area (Å²) in [5.41, 5.74) is 0. The Labute approximate surface area is 115 Å². The molecule has 1 rings (SSSR count). The third-order valence-corrected chi connectivity index (χ3v) is 2.93. The number of aliphatic hydroxyl groups excluding tert-OH is 1. The van der Waals surface area contributed by atoms with Crippen molar-refractivity contribution in [2.45, 2.75) is 25.9 Å². The van der Waals surface area contributed by atoms with Crippen molar-refractivity contribution in [3.63, 3.8) is 0 Å². The SMILES string of the molecule is CCC(O)CCNC(=O)COc1cccc(Br)c1. The van der Waals surface area contributed by atoms with Crippen LogP contribution in [0.25, 0.3) is 0 Å². The maximum atomic E-state index is 11.4. The van der Waals surface area contributed by atoms with E-state index in [0.717, 1.165) is 4.47 Å². The van der Waals surface area contributed by atoms with Crippen LogP contribution in [0.2, 0.25) is 0 Å². The summed E-state index contributed by atoms with van der Waals surface area (Å²) < 4.78 is 6.24. The van der Waals surface area contributed by atoms with Crippen molar-refractivity contribution >= 4 is 21.8 Å². The fraction of sp³-hybridized carbons (Fsp3) is 0.462. The van der Waals surface area contributed by atoms with Crippen molar-refractivity contribution in [2.75, 3.05) is 13.2 Å². The summed E-state index contributed by atoms with van der Waals surface area (Å²) in [5.74, 6) is 0.464. The van der Waals surface area contributed by atoms with Gasteiger partial charge in [-0.05, 0) is 31.0 Å². The Bertz CT molecular complexity index is 384. The van der Waals surface area contributed by atoms with Gasteiger partial charge >= 0.3 is 0 Å². The number of ether oxygens (including phenoxy) is 1. The van der Waals surface area contributed by atoms with E-state index in [0.29, 0.717) is 25.1 Å². The van der Waals surface area contributed by atoms with Gasteiger partial charge in [-0.1, -0.05) is 28.9 Å². The van der Waals surface area contributed by atoms with E-state index in [4.69, 9.17) is 4.74 Å². The van der Waals surface area contributed by atoms with Gasteiger partial charge in [0.25, 0.3) is 5.91 Å². The van der Waals surface area contributed by atoms with Gasteiger partial charge < -0.3 is 15.2 Å². The van der Waals surface area contributed by atoms with Crippen LogP contribution in [-0.4, -0.2) is 30.3 Å². The van der Waals surface area contributed by atoms with E-state index in [-0.39, 0.29) is 18.6 Å². The zero-order chi connectivity index (χ0) is 13.4. The number of amides is 1. The van der Waals surface area contributed by atoms with Crippen molar-refractivity contribution in [1.82, 2.24) is 5.32 Å². The molecule has 1 amide bonds. The Kier molecular flexibility index (Phi) is 6.75. The number of nitrogens with one attached hydrogen (secondary N) is 1. The van der Waals surface area contributed by atoms with Gasteiger partial charge in [-0.25, -0.2) is 0 Å². The quantitative estimate of drug-likeness (QED) is 0.810. The fourth-order valence-electron chi connectivity index (χ4n) is 1.34. The predicted octanol–water partition coefficient (Wildman–Crippen LogP) is 2.11. The monoisotopic (exact) mass is 315 g/mol. The predicted molar refractivity (Wildman–Crippen MR) is 73.6 cm³/mol. The van der Waals surface area contributed by atoms with Crippen molar-refractivity contribution in [3.8, 4) is 5.75 Å². The maximum Gasteiger partial charge on any atom is 0.257 e. The second-order valence-corrected chi connectivity index (χ2v) is 4.86. The molecule has 0 aliphatic rings. The molecule has 0 radical (unpaired) electrons. The lowest BCUT2D eigenvalue weighted by Crippen LogP contribution is -2.31. The second kappa shape index (κ2) is 8.11. The van der Waals surface area contributed by atoms with Gasteiger partial charge in [0.2, 0.25) is 0 Å². The van der Waals surface area contributed by atoms with Crippen molar-refractivity contribution in [1.29, 1.82) is 0 Å². The number of hydrogen-bond acceptors (Lipinski definition) is 3. The summed E-state index contributed by atoms with van der Waals surface area (Å²) in [6.07, 6.45) is 0.917. The molecule has 0 fully saturated rings. The largest absolute Gasteiger partial charge is 0.484 e. The summed E-state index contributed by atoms with van der Waals surface area (Å²) in [7, 11) is 0. The van der Waals surface area contributed by atoms with Gasteiger partial charge in [-0.2, -0.15) is 0 Å². The van der Waals surface area contributed by atoms with Gasteiger partial charge in [0, 0.05) is 11.0 Å². The lowest BCUT2D eigenvalue weighted by molar-refractivity contribution is -0.123. The zero-order valence-corrected chi connectivity index (χ0v) is 11.9. The Morgan fingerprint density at radius 3 is 3.00 bits per heavy atom. The molecule has 0 saturated heterocycles. The molecule has 1 atom stereocenters. The standard InChI is InChI=1S/C13H18BrNO3/c1-2-11(16)6-7-15-13(17)9-18-12-5-3-4-10(14)8-12/h3-5,8,11,16H,2,6-7,9H2,1H3,(H,15,17). The number of carbonyl (C=O) groups excluding carboxylic acids is 1. The number of benzene rings is 1. The highest BCUT2D eigenvalue weighted by molar-refractivity contribution is 9.10. The van der Waals surface area contributed by atoms with Crippen LogP contribution in [0.1, 0.15) is 19.8 Å². The molecule has 0 saturated carbocycles. The molecule has 1 aromatic carbocycles. The first-order valence-corrected chi connectivity index (χ1v) is 6.74. The number of halogens is 1. The molecule has 0 aliphatic carbocycles. The lowest BCUT2D eigenvalue weighted by atomic mass is 10.2. The van der Waals surface area contributed by atoms with E-state index in [9.17, 15) is 9.90 Å². The molecule has 1 unspecified atom stereocenters. The zero-order valence-electron chi connectivity index (χ0n) is 10.4. The normalized spacial score (nSPS) is 11.9. The van der Waals surface area contributed by atoms with Gasteiger partial charge in [-0.15, -0.1) is 0 Å². The van der Waals surface area contributed by atoms with Crippen LogP contribution in [-0.2, 0) is 4.79 Å². The molecule has 100 valence electrons. The van der Waals surface area contributed by atoms with E-state index < -0.39 is 0 Å². The Hall–Kier alpha value is -1.07. The fourth-order valence-corrected chi connectivity index (χ4v) is 1.72. The van der Waals surface area contributed by atoms with Crippen molar-refractivity contribution < 1.29 is 14.6 Å². The minimum atomic E-state index is -0.351. The van der Waals surface area contributed by atoms with Crippen LogP contribution in [0.5, 0.6) is 5.75 Å². The lowest BCUT2D eigenvalue weighted by Gasteiger charge is -2.09. The average Bonchev–Trinajstić information content (AvgIpc) is 2.36. The molecular formula is C13H18BrNO3. The van der Waals surface area contributed by atoms with E-state index in [1.165, 1.54) is 0 Å². The summed E-state index contributed by atoms with van der Waals surface area (Å²) in [6, 6.07) is 7.32. The topological polar surface area (TPSA) is 58.6 Å². The summed E-state index contributed by atoms with van der Waals surface area (Å²) >= 11 is 3.33. The molecule has 1 aromatic rings. The van der Waals surface area contributed by atoms with Gasteiger partial charge in [0.1, 0.15) is 5.75 Å². The molecule has 0 aliphatic heterocycles. The molecule has 0 spiro atoms. The molecule has 0 heterocycles. The highest BCUT2D eigenvalue weighted by Crippen LogP contribution is 2.17. The van der Waals surface area contributed by atoms with E-state index in [1.807, 2.05) is 19.1 Å². The van der Waals surface area contributed by atoms with Crippen LogP contribution >= 0.6 is 15.9 Å². The molecule has 5 heteroatoms.